The van der Waals surface area contributed by atoms with Gasteiger partial charge in [0.05, 0.1) is 19.8 Å². The van der Waals surface area contributed by atoms with E-state index in [0.717, 1.165) is 11.1 Å². The predicted molar refractivity (Wildman–Crippen MR) is 112 cm³/mol. The summed E-state index contributed by atoms with van der Waals surface area (Å²) in [5.74, 6) is 0.148. The first kappa shape index (κ1) is 22.3. The van der Waals surface area contributed by atoms with Crippen molar-refractivity contribution >= 4 is 29.6 Å². The van der Waals surface area contributed by atoms with Crippen LogP contribution in [0.15, 0.2) is 48.5 Å². The Balaban J connectivity index is 1.86. The lowest BCUT2D eigenvalue weighted by Gasteiger charge is -2.15. The number of amides is 1. The third kappa shape index (κ3) is 6.84. The van der Waals surface area contributed by atoms with Gasteiger partial charge >= 0.3 is 5.97 Å². The first-order chi connectivity index (χ1) is 13.9. The fourth-order valence-electron chi connectivity index (χ4n) is 2.60. The smallest absolute Gasteiger partial charge is 0.331 e. The van der Waals surface area contributed by atoms with Gasteiger partial charge in [0.2, 0.25) is 0 Å². The molecule has 2 rings (SSSR count). The second kappa shape index (κ2) is 11.1. The molecule has 0 aromatic heterocycles. The molecule has 0 radical (unpaired) electrons. The molecule has 0 fully saturated rings. The molecule has 2 aromatic carbocycles. The summed E-state index contributed by atoms with van der Waals surface area (Å²) in [5.41, 5.74) is 1.53. The summed E-state index contributed by atoms with van der Waals surface area (Å²) < 4.78 is 15.7. The number of halogens is 1. The van der Waals surface area contributed by atoms with Gasteiger partial charge in [-0.15, -0.1) is 0 Å². The lowest BCUT2D eigenvalue weighted by Crippen LogP contribution is -2.31. The monoisotopic (exact) mass is 417 g/mol. The van der Waals surface area contributed by atoms with Gasteiger partial charge in [0.1, 0.15) is 0 Å². The van der Waals surface area contributed by atoms with Gasteiger partial charge < -0.3 is 19.5 Å². The van der Waals surface area contributed by atoms with Crippen LogP contribution >= 0.6 is 11.6 Å². The number of rotatable bonds is 9. The molecule has 154 valence electrons. The SMILES string of the molecule is CCOc1ccc(/C=C/C(=O)OCC(=O)N[C@@H](C)c2ccccc2Cl)cc1OC. The van der Waals surface area contributed by atoms with Gasteiger partial charge in [0.15, 0.2) is 18.1 Å². The summed E-state index contributed by atoms with van der Waals surface area (Å²) in [6.07, 6.45) is 2.82. The molecule has 0 bridgehead atoms. The number of carbonyl (C=O) groups is 2. The van der Waals surface area contributed by atoms with Crippen molar-refractivity contribution in [3.05, 3.63) is 64.7 Å². The Labute approximate surface area is 175 Å². The Morgan fingerprint density at radius 3 is 2.62 bits per heavy atom. The van der Waals surface area contributed by atoms with Crippen LogP contribution < -0.4 is 14.8 Å². The van der Waals surface area contributed by atoms with Crippen molar-refractivity contribution in [1.29, 1.82) is 0 Å². The van der Waals surface area contributed by atoms with E-state index in [9.17, 15) is 9.59 Å². The highest BCUT2D eigenvalue weighted by Gasteiger charge is 2.13. The zero-order chi connectivity index (χ0) is 21.2. The van der Waals surface area contributed by atoms with E-state index in [-0.39, 0.29) is 12.6 Å². The lowest BCUT2D eigenvalue weighted by molar-refractivity contribution is -0.144. The van der Waals surface area contributed by atoms with Crippen molar-refractivity contribution in [1.82, 2.24) is 5.32 Å². The summed E-state index contributed by atoms with van der Waals surface area (Å²) in [7, 11) is 1.54. The average Bonchev–Trinajstić information content (AvgIpc) is 2.71. The highest BCUT2D eigenvalue weighted by atomic mass is 35.5. The molecule has 0 saturated carbocycles. The van der Waals surface area contributed by atoms with Gasteiger partial charge in [0.25, 0.3) is 5.91 Å². The number of methoxy groups -OCH3 is 1. The number of hydrogen-bond donors (Lipinski definition) is 1. The van der Waals surface area contributed by atoms with Crippen LogP contribution in [0, 0.1) is 0 Å². The van der Waals surface area contributed by atoms with E-state index in [4.69, 9.17) is 25.8 Å². The molecule has 0 aliphatic heterocycles. The highest BCUT2D eigenvalue weighted by molar-refractivity contribution is 6.31. The predicted octanol–water partition coefficient (Wildman–Crippen LogP) is 4.18. The Morgan fingerprint density at radius 2 is 1.93 bits per heavy atom. The van der Waals surface area contributed by atoms with Crippen molar-refractivity contribution in [3.63, 3.8) is 0 Å². The van der Waals surface area contributed by atoms with Gasteiger partial charge in [-0.1, -0.05) is 35.9 Å². The number of nitrogens with one attached hydrogen (secondary N) is 1. The van der Waals surface area contributed by atoms with Crippen LogP contribution in [0.2, 0.25) is 5.02 Å². The summed E-state index contributed by atoms with van der Waals surface area (Å²) in [6.45, 7) is 3.83. The van der Waals surface area contributed by atoms with E-state index in [1.54, 1.807) is 44.4 Å². The minimum atomic E-state index is -0.626. The quantitative estimate of drug-likeness (QED) is 0.489. The fourth-order valence-corrected chi connectivity index (χ4v) is 2.90. The maximum atomic E-state index is 12.0. The molecule has 0 aliphatic rings. The molecule has 2 aromatic rings. The molecule has 1 N–H and O–H groups in total. The van der Waals surface area contributed by atoms with Crippen molar-refractivity contribution < 1.29 is 23.8 Å². The molecule has 0 aliphatic carbocycles. The van der Waals surface area contributed by atoms with Crippen molar-refractivity contribution in [2.24, 2.45) is 0 Å². The summed E-state index contributed by atoms with van der Waals surface area (Å²) in [5, 5.41) is 3.31. The number of benzene rings is 2. The second-order valence-corrected chi connectivity index (χ2v) is 6.50. The molecule has 1 amide bonds. The van der Waals surface area contributed by atoms with Gasteiger partial charge in [-0.2, -0.15) is 0 Å². The summed E-state index contributed by atoms with van der Waals surface area (Å²) in [4.78, 5) is 23.9. The Morgan fingerprint density at radius 1 is 1.17 bits per heavy atom. The second-order valence-electron chi connectivity index (χ2n) is 6.10. The van der Waals surface area contributed by atoms with Gasteiger partial charge in [0, 0.05) is 11.1 Å². The number of hydrogen-bond acceptors (Lipinski definition) is 5. The van der Waals surface area contributed by atoms with Gasteiger partial charge in [-0.25, -0.2) is 4.79 Å². The molecule has 6 nitrogen and oxygen atoms in total. The summed E-state index contributed by atoms with van der Waals surface area (Å²) >= 11 is 6.12. The van der Waals surface area contributed by atoms with Crippen LogP contribution in [0.1, 0.15) is 31.0 Å². The zero-order valence-electron chi connectivity index (χ0n) is 16.6. The number of ether oxygens (including phenoxy) is 3. The lowest BCUT2D eigenvalue weighted by atomic mass is 10.1. The first-order valence-electron chi connectivity index (χ1n) is 9.14. The molecule has 29 heavy (non-hydrogen) atoms. The van der Waals surface area contributed by atoms with Crippen molar-refractivity contribution in [2.75, 3.05) is 20.3 Å². The van der Waals surface area contributed by atoms with Gasteiger partial charge in [-0.3, -0.25) is 4.79 Å². The Kier molecular flexibility index (Phi) is 8.55. The summed E-state index contributed by atoms with van der Waals surface area (Å²) in [6, 6.07) is 12.2. The van der Waals surface area contributed by atoms with E-state index in [0.29, 0.717) is 23.1 Å². The maximum absolute atomic E-state index is 12.0. The van der Waals surface area contributed by atoms with Crippen LogP contribution in [0.4, 0.5) is 0 Å². The van der Waals surface area contributed by atoms with Crippen molar-refractivity contribution in [2.45, 2.75) is 19.9 Å². The average molecular weight is 418 g/mol. The molecule has 0 saturated heterocycles. The normalized spacial score (nSPS) is 11.7. The minimum Gasteiger partial charge on any atom is -0.493 e. The zero-order valence-corrected chi connectivity index (χ0v) is 17.4. The molecule has 7 heteroatoms. The van der Waals surface area contributed by atoms with Crippen LogP contribution in [-0.2, 0) is 14.3 Å². The molecule has 0 unspecified atom stereocenters. The van der Waals surface area contributed by atoms with Crippen molar-refractivity contribution in [3.8, 4) is 11.5 Å². The number of carbonyl (C=O) groups excluding carboxylic acids is 2. The molecule has 0 heterocycles. The largest absolute Gasteiger partial charge is 0.493 e. The van der Waals surface area contributed by atoms with Crippen LogP contribution in [0.25, 0.3) is 6.08 Å². The van der Waals surface area contributed by atoms with Gasteiger partial charge in [-0.05, 0) is 49.2 Å². The molecular weight excluding hydrogens is 394 g/mol. The van der Waals surface area contributed by atoms with E-state index in [1.165, 1.54) is 6.08 Å². The van der Waals surface area contributed by atoms with E-state index in [1.807, 2.05) is 25.1 Å². The van der Waals surface area contributed by atoms with E-state index >= 15 is 0 Å². The molecule has 1 atom stereocenters. The van der Waals surface area contributed by atoms with Crippen LogP contribution in [-0.4, -0.2) is 32.2 Å². The fraction of sp³-hybridized carbons (Fsp3) is 0.273. The Hall–Kier alpha value is -2.99. The third-order valence-corrected chi connectivity index (χ3v) is 4.34. The standard InChI is InChI=1S/C22H24ClNO5/c1-4-28-19-11-9-16(13-20(19)27-3)10-12-22(26)29-14-21(25)24-15(2)17-7-5-6-8-18(17)23/h5-13,15H,4,14H2,1-3H3,(H,24,25)/b12-10+/t15-/m0/s1. The van der Waals surface area contributed by atoms with E-state index in [2.05, 4.69) is 5.32 Å². The third-order valence-electron chi connectivity index (χ3n) is 3.99. The number of esters is 1. The maximum Gasteiger partial charge on any atom is 0.331 e. The molecular formula is C22H24ClNO5. The van der Waals surface area contributed by atoms with Crippen LogP contribution in [0.3, 0.4) is 0 Å². The highest BCUT2D eigenvalue weighted by Crippen LogP contribution is 2.28. The topological polar surface area (TPSA) is 73.9 Å². The Bertz CT molecular complexity index is 881. The van der Waals surface area contributed by atoms with E-state index < -0.39 is 11.9 Å². The first-order valence-corrected chi connectivity index (χ1v) is 9.51. The van der Waals surface area contributed by atoms with Crippen LogP contribution in [0.5, 0.6) is 11.5 Å². The molecule has 0 spiro atoms. The minimum absolute atomic E-state index is 0.304.